The Morgan fingerprint density at radius 1 is 1.24 bits per heavy atom. The lowest BCUT2D eigenvalue weighted by Gasteiger charge is -2.30. The van der Waals surface area contributed by atoms with Crippen molar-refractivity contribution in [2.45, 2.75) is 25.4 Å². The van der Waals surface area contributed by atoms with Crippen LogP contribution in [0.5, 0.6) is 5.75 Å². The highest BCUT2D eigenvalue weighted by molar-refractivity contribution is 7.88. The minimum absolute atomic E-state index is 0.00351. The molecule has 0 atom stereocenters. The number of aromatic nitrogens is 2. The number of benzene rings is 1. The predicted octanol–water partition coefficient (Wildman–Crippen LogP) is 1.26. The van der Waals surface area contributed by atoms with Crippen molar-refractivity contribution in [3.8, 4) is 17.2 Å². The molecule has 1 aromatic heterocycles. The summed E-state index contributed by atoms with van der Waals surface area (Å²) in [4.78, 5) is 2.19. The normalized spacial score (nSPS) is 16.9. The molecule has 1 fully saturated rings. The molecule has 0 spiro atoms. The Bertz CT molecular complexity index is 796. The van der Waals surface area contributed by atoms with E-state index >= 15 is 0 Å². The lowest BCUT2D eigenvalue weighted by molar-refractivity contribution is 0.184. The second-order valence-corrected chi connectivity index (χ2v) is 7.95. The van der Waals surface area contributed by atoms with Crippen LogP contribution >= 0.6 is 0 Å². The van der Waals surface area contributed by atoms with Crippen LogP contribution in [0, 0.1) is 0 Å². The van der Waals surface area contributed by atoms with Crippen LogP contribution in [0.4, 0.5) is 0 Å². The van der Waals surface area contributed by atoms with Crippen molar-refractivity contribution in [1.29, 1.82) is 0 Å². The first kappa shape index (κ1) is 17.8. The fourth-order valence-electron chi connectivity index (χ4n) is 2.87. The van der Waals surface area contributed by atoms with Crippen molar-refractivity contribution in [1.82, 2.24) is 19.8 Å². The van der Waals surface area contributed by atoms with Gasteiger partial charge in [0.05, 0.1) is 19.9 Å². The summed E-state index contributed by atoms with van der Waals surface area (Å²) in [5.41, 5.74) is 0.843. The number of hydrogen-bond donors (Lipinski definition) is 1. The van der Waals surface area contributed by atoms with Crippen LogP contribution in [-0.2, 0) is 16.6 Å². The van der Waals surface area contributed by atoms with E-state index in [9.17, 15) is 8.42 Å². The maximum atomic E-state index is 11.3. The summed E-state index contributed by atoms with van der Waals surface area (Å²) in [6.45, 7) is 2.13. The van der Waals surface area contributed by atoms with Gasteiger partial charge in [-0.05, 0) is 37.1 Å². The Labute approximate surface area is 147 Å². The molecule has 25 heavy (non-hydrogen) atoms. The van der Waals surface area contributed by atoms with E-state index in [0.717, 1.165) is 37.2 Å². The number of hydrogen-bond acceptors (Lipinski definition) is 7. The molecule has 1 aliphatic heterocycles. The third-order valence-electron chi connectivity index (χ3n) is 4.13. The van der Waals surface area contributed by atoms with E-state index in [4.69, 9.17) is 9.15 Å². The second-order valence-electron chi connectivity index (χ2n) is 6.17. The summed E-state index contributed by atoms with van der Waals surface area (Å²) in [6, 6.07) is 7.44. The molecule has 0 aliphatic carbocycles. The van der Waals surface area contributed by atoms with Crippen LogP contribution in [0.25, 0.3) is 11.5 Å². The van der Waals surface area contributed by atoms with E-state index in [1.807, 2.05) is 24.3 Å². The van der Waals surface area contributed by atoms with E-state index < -0.39 is 10.0 Å². The summed E-state index contributed by atoms with van der Waals surface area (Å²) in [7, 11) is -1.53. The van der Waals surface area contributed by atoms with Crippen molar-refractivity contribution in [2.75, 3.05) is 26.5 Å². The molecule has 2 aromatic rings. The minimum Gasteiger partial charge on any atom is -0.497 e. The number of sulfonamides is 1. The highest BCUT2D eigenvalue weighted by Gasteiger charge is 2.23. The molecule has 0 amide bonds. The monoisotopic (exact) mass is 366 g/mol. The number of likely N-dealkylation sites (tertiary alicyclic amines) is 1. The van der Waals surface area contributed by atoms with E-state index in [1.54, 1.807) is 7.11 Å². The van der Waals surface area contributed by atoms with Crippen molar-refractivity contribution in [3.63, 3.8) is 0 Å². The Morgan fingerprint density at radius 2 is 1.92 bits per heavy atom. The number of ether oxygens (including phenoxy) is 1. The highest BCUT2D eigenvalue weighted by atomic mass is 32.2. The Hall–Kier alpha value is -1.97. The maximum absolute atomic E-state index is 11.3. The zero-order valence-corrected chi connectivity index (χ0v) is 15.1. The highest BCUT2D eigenvalue weighted by Crippen LogP contribution is 2.22. The topological polar surface area (TPSA) is 97.6 Å². The van der Waals surface area contributed by atoms with Crippen molar-refractivity contribution in [3.05, 3.63) is 30.2 Å². The van der Waals surface area contributed by atoms with E-state index in [0.29, 0.717) is 18.3 Å². The summed E-state index contributed by atoms with van der Waals surface area (Å²) in [6.07, 6.45) is 2.73. The maximum Gasteiger partial charge on any atom is 0.247 e. The zero-order chi connectivity index (χ0) is 17.9. The van der Waals surface area contributed by atoms with Gasteiger partial charge in [0.1, 0.15) is 5.75 Å². The molecule has 1 aliphatic rings. The molecule has 0 radical (unpaired) electrons. The standard InChI is InChI=1S/C16H22N4O4S/c1-23-14-5-3-12(4-6-14)16-18-17-15(24-16)11-20-9-7-13(8-10-20)19-25(2,21)22/h3-6,13,19H,7-11H2,1-2H3. The molecule has 2 heterocycles. The molecular weight excluding hydrogens is 344 g/mol. The fraction of sp³-hybridized carbons (Fsp3) is 0.500. The number of rotatable bonds is 6. The smallest absolute Gasteiger partial charge is 0.247 e. The molecule has 1 aromatic carbocycles. The molecule has 3 rings (SSSR count). The molecule has 0 bridgehead atoms. The second kappa shape index (κ2) is 7.51. The average molecular weight is 366 g/mol. The third-order valence-corrected chi connectivity index (χ3v) is 4.89. The Balaban J connectivity index is 1.55. The van der Waals surface area contributed by atoms with Gasteiger partial charge in [-0.15, -0.1) is 10.2 Å². The molecule has 0 unspecified atom stereocenters. The number of nitrogens with zero attached hydrogens (tertiary/aromatic N) is 3. The first-order valence-corrected chi connectivity index (χ1v) is 9.98. The van der Waals surface area contributed by atoms with Gasteiger partial charge in [-0.2, -0.15) is 0 Å². The van der Waals surface area contributed by atoms with E-state index in [2.05, 4.69) is 19.8 Å². The molecule has 1 N–H and O–H groups in total. The lowest BCUT2D eigenvalue weighted by Crippen LogP contribution is -2.43. The van der Waals surface area contributed by atoms with Gasteiger partial charge in [-0.25, -0.2) is 13.1 Å². The van der Waals surface area contributed by atoms with Crippen LogP contribution in [0.15, 0.2) is 28.7 Å². The van der Waals surface area contributed by atoms with Crippen LogP contribution in [-0.4, -0.2) is 56.0 Å². The Morgan fingerprint density at radius 3 is 2.52 bits per heavy atom. The summed E-state index contributed by atoms with van der Waals surface area (Å²) in [5.74, 6) is 1.81. The first-order valence-electron chi connectivity index (χ1n) is 8.09. The van der Waals surface area contributed by atoms with Gasteiger partial charge in [-0.1, -0.05) is 0 Å². The first-order chi connectivity index (χ1) is 11.9. The fourth-order valence-corrected chi connectivity index (χ4v) is 3.71. The van der Waals surface area contributed by atoms with Crippen LogP contribution < -0.4 is 9.46 Å². The number of nitrogens with one attached hydrogen (secondary N) is 1. The largest absolute Gasteiger partial charge is 0.497 e. The van der Waals surface area contributed by atoms with Crippen molar-refractivity contribution in [2.24, 2.45) is 0 Å². The van der Waals surface area contributed by atoms with Gasteiger partial charge in [-0.3, -0.25) is 4.90 Å². The summed E-state index contributed by atoms with van der Waals surface area (Å²) < 4.78 is 36.1. The van der Waals surface area contributed by atoms with Crippen LogP contribution in [0.1, 0.15) is 18.7 Å². The van der Waals surface area contributed by atoms with Gasteiger partial charge < -0.3 is 9.15 Å². The minimum atomic E-state index is -3.15. The van der Waals surface area contributed by atoms with Gasteiger partial charge in [0.2, 0.25) is 21.8 Å². The molecule has 136 valence electrons. The summed E-state index contributed by atoms with van der Waals surface area (Å²) >= 11 is 0. The van der Waals surface area contributed by atoms with Crippen LogP contribution in [0.2, 0.25) is 0 Å². The Kier molecular flexibility index (Phi) is 5.36. The molecular formula is C16H22N4O4S. The van der Waals surface area contributed by atoms with Crippen LogP contribution in [0.3, 0.4) is 0 Å². The molecule has 1 saturated heterocycles. The SMILES string of the molecule is COc1ccc(-c2nnc(CN3CCC(NS(C)(=O)=O)CC3)o2)cc1. The number of methoxy groups -OCH3 is 1. The van der Waals surface area contributed by atoms with Crippen molar-refractivity contribution >= 4 is 10.0 Å². The van der Waals surface area contributed by atoms with E-state index in [1.165, 1.54) is 6.26 Å². The van der Waals surface area contributed by atoms with Crippen molar-refractivity contribution < 1.29 is 17.6 Å². The molecule has 9 heteroatoms. The lowest BCUT2D eigenvalue weighted by atomic mass is 10.1. The molecule has 0 saturated carbocycles. The quantitative estimate of drug-likeness (QED) is 0.822. The predicted molar refractivity (Wildman–Crippen MR) is 92.6 cm³/mol. The molecule has 8 nitrogen and oxygen atoms in total. The van der Waals surface area contributed by atoms with Gasteiger partial charge in [0.15, 0.2) is 0 Å². The van der Waals surface area contributed by atoms with Gasteiger partial charge in [0.25, 0.3) is 0 Å². The van der Waals surface area contributed by atoms with Gasteiger partial charge in [0, 0.05) is 24.7 Å². The number of piperidine rings is 1. The van der Waals surface area contributed by atoms with Gasteiger partial charge >= 0.3 is 0 Å². The third kappa shape index (κ3) is 5.00. The average Bonchev–Trinajstić information content (AvgIpc) is 3.04. The summed E-state index contributed by atoms with van der Waals surface area (Å²) in [5, 5.41) is 8.20. The zero-order valence-electron chi connectivity index (χ0n) is 14.3. The van der Waals surface area contributed by atoms with E-state index in [-0.39, 0.29) is 6.04 Å².